The number of allylic oxidation sites excluding steroid dienone is 1. The Bertz CT molecular complexity index is 2530. The predicted octanol–water partition coefficient (Wildman–Crippen LogP) is 19.7. The highest BCUT2D eigenvalue weighted by molar-refractivity contribution is 9.11. The van der Waals surface area contributed by atoms with Crippen molar-refractivity contribution in [3.8, 4) is 18.2 Å². The van der Waals surface area contributed by atoms with Crippen molar-refractivity contribution >= 4 is 87.1 Å². The summed E-state index contributed by atoms with van der Waals surface area (Å²) in [6.45, 7) is 23.7. The Balaban J connectivity index is -0.000000162. The molecular weight excluding hydrogens is 1280 g/mol. The number of aliphatic carboxylic acids is 1. The molecule has 14 heteroatoms. The molecule has 10 nitrogen and oxygen atoms in total. The van der Waals surface area contributed by atoms with Crippen molar-refractivity contribution in [1.82, 2.24) is 0 Å². The van der Waals surface area contributed by atoms with E-state index in [0.717, 1.165) is 67.3 Å². The van der Waals surface area contributed by atoms with Gasteiger partial charge >= 0.3 is 5.97 Å². The number of carbonyl (C=O) groups excluding carboxylic acids is 2. The minimum Gasteiger partial charge on any atom is -0.499 e. The quantitative estimate of drug-likeness (QED) is 0.0461. The molecule has 0 bridgehead atoms. The monoisotopic (exact) mass is 1370 g/mol. The Morgan fingerprint density at radius 3 is 1.01 bits per heavy atom. The van der Waals surface area contributed by atoms with E-state index in [1.54, 1.807) is 6.92 Å². The minimum absolute atomic E-state index is 0. The third kappa shape index (κ3) is 43.6. The Morgan fingerprint density at radius 2 is 0.778 bits per heavy atom. The van der Waals surface area contributed by atoms with E-state index in [-0.39, 0.29) is 85.8 Å². The SMILES string of the molecule is C.C.C.C.C.C.C=C(C)OCC.C=C(OCC)c1ccc(C[C@H](C)C#N)cc1.C[C@@H](Cc1ccc(Br)cc1)C(=O)O.C[C@@H](Cc1ccc(Br)cc1)C(N)=O.C[C@H](C#N)Cc1ccc(Br)cc1.C[C@H](C#N)Cc1ccc(C(=O)CBr)cc1. The van der Waals surface area contributed by atoms with Gasteiger partial charge in [0.15, 0.2) is 5.78 Å². The predicted molar refractivity (Wildman–Crippen MR) is 359 cm³/mol. The van der Waals surface area contributed by atoms with Crippen molar-refractivity contribution in [2.45, 2.75) is 132 Å². The molecule has 3 N–H and O–H groups in total. The van der Waals surface area contributed by atoms with E-state index in [2.05, 4.69) is 95.1 Å². The number of benzene rings is 5. The van der Waals surface area contributed by atoms with Crippen LogP contribution in [-0.4, -0.2) is 41.3 Å². The molecule has 0 aromatic heterocycles. The van der Waals surface area contributed by atoms with Gasteiger partial charge in [0.2, 0.25) is 5.91 Å². The maximum absolute atomic E-state index is 11.3. The average molecular weight is 1370 g/mol. The van der Waals surface area contributed by atoms with Crippen LogP contribution in [0.3, 0.4) is 0 Å². The average Bonchev–Trinajstić information content (AvgIpc) is 3.39. The summed E-state index contributed by atoms with van der Waals surface area (Å²) in [4.78, 5) is 32.6. The summed E-state index contributed by atoms with van der Waals surface area (Å²) in [5.74, 6) is 0.331. The first-order chi connectivity index (χ1) is 35.5. The second kappa shape index (κ2) is 52.3. The van der Waals surface area contributed by atoms with Crippen LogP contribution < -0.4 is 5.73 Å². The summed E-state index contributed by atoms with van der Waals surface area (Å²) >= 11 is 13.2. The summed E-state index contributed by atoms with van der Waals surface area (Å²) in [7, 11) is 0. The van der Waals surface area contributed by atoms with Crippen LogP contribution >= 0.6 is 63.7 Å². The topological polar surface area (TPSA) is 187 Å². The zero-order valence-corrected chi connectivity index (χ0v) is 50.8. The van der Waals surface area contributed by atoms with Gasteiger partial charge in [-0.15, -0.1) is 0 Å². The number of hydrogen-bond donors (Lipinski definition) is 2. The van der Waals surface area contributed by atoms with Crippen LogP contribution in [0.2, 0.25) is 0 Å². The second-order valence-electron chi connectivity index (χ2n) is 17.5. The lowest BCUT2D eigenvalue weighted by atomic mass is 10.0. The Kier molecular flexibility index (Phi) is 57.4. The molecule has 0 radical (unpaired) electrons. The lowest BCUT2D eigenvalue weighted by Gasteiger charge is -2.08. The van der Waals surface area contributed by atoms with Gasteiger partial charge in [0.25, 0.3) is 0 Å². The van der Waals surface area contributed by atoms with Gasteiger partial charge in [-0.05, 0) is 138 Å². The Labute approximate surface area is 524 Å². The smallest absolute Gasteiger partial charge is 0.306 e. The van der Waals surface area contributed by atoms with E-state index in [1.165, 1.54) is 11.1 Å². The number of amides is 1. The number of primary amides is 1. The summed E-state index contributed by atoms with van der Waals surface area (Å²) in [5.41, 5.74) is 12.5. The van der Waals surface area contributed by atoms with Gasteiger partial charge in [-0.2, -0.15) is 15.8 Å². The fraction of sp³-hybridized carbons (Fsp3) is 0.403. The Morgan fingerprint density at radius 1 is 0.506 bits per heavy atom. The molecule has 0 unspecified atom stereocenters. The van der Waals surface area contributed by atoms with E-state index in [9.17, 15) is 14.4 Å². The number of carboxylic acids is 1. The standard InChI is InChI=1S/C14H17NO.C12H12BrNO.C10H12BrNO.C10H10BrN.C10H11BrO2.C5H10O.6CH4/c1-4-16-12(3)14-7-5-13(6-8-14)9-11(2)10-15;1-9(8-14)6-10-2-4-11(5-3-10)12(15)7-13;1-7(10(12)13)6-8-2-4-9(11)5-3-8;1-8(7-12)6-9-2-4-10(11)5-3-9;1-7(10(12)13)6-8-2-4-9(11)5-3-8;1-4-6-5(2)3;;;;;;/h5-8,11H,3-4,9H2,1-2H3;2-5,9H,6-7H2,1H3;2-5,7H,6H2,1H3,(H2,12,13);2-5,8H,6H2,1H3;2-5,7H,6H2,1H3,(H,12,13);2,4H2,1,3H3;6*1H4/t11-;9-;7-;8-;7-;;;;;;;/m00000......./s1. The van der Waals surface area contributed by atoms with Crippen molar-refractivity contribution in [3.05, 3.63) is 193 Å². The van der Waals surface area contributed by atoms with Crippen molar-refractivity contribution < 1.29 is 29.0 Å². The number of carbonyl (C=O) groups is 3. The molecule has 0 aliphatic heterocycles. The maximum Gasteiger partial charge on any atom is 0.306 e. The van der Waals surface area contributed by atoms with Crippen LogP contribution in [0, 0.1) is 63.6 Å². The highest BCUT2D eigenvalue weighted by Gasteiger charge is 2.12. The van der Waals surface area contributed by atoms with Crippen LogP contribution in [0.25, 0.3) is 5.76 Å². The summed E-state index contributed by atoms with van der Waals surface area (Å²) in [6.07, 6.45) is 3.66. The highest BCUT2D eigenvalue weighted by Crippen LogP contribution is 2.18. The number of alkyl halides is 1. The number of ether oxygens (including phenoxy) is 2. The van der Waals surface area contributed by atoms with Gasteiger partial charge in [0.05, 0.1) is 48.4 Å². The molecule has 1 amide bonds. The molecule has 0 aliphatic carbocycles. The van der Waals surface area contributed by atoms with Crippen molar-refractivity contribution in [2.24, 2.45) is 35.3 Å². The fourth-order valence-corrected chi connectivity index (χ4v) is 7.31. The zero-order valence-electron chi connectivity index (χ0n) is 44.4. The summed E-state index contributed by atoms with van der Waals surface area (Å²) in [6, 6.07) is 45.8. The lowest BCUT2D eigenvalue weighted by molar-refractivity contribution is -0.141. The molecule has 81 heavy (non-hydrogen) atoms. The first kappa shape index (κ1) is 89.0. The molecule has 0 saturated carbocycles. The normalized spacial score (nSPS) is 10.8. The van der Waals surface area contributed by atoms with Gasteiger partial charge < -0.3 is 20.3 Å². The van der Waals surface area contributed by atoms with Crippen LogP contribution in [0.15, 0.2) is 154 Å². The number of nitrogens with two attached hydrogens (primary N) is 1. The highest BCUT2D eigenvalue weighted by atomic mass is 79.9. The molecule has 448 valence electrons. The fourth-order valence-electron chi connectivity index (χ4n) is 6.19. The van der Waals surface area contributed by atoms with E-state index < -0.39 is 5.97 Å². The number of rotatable bonds is 19. The largest absolute Gasteiger partial charge is 0.499 e. The number of hydrogen-bond acceptors (Lipinski definition) is 8. The molecule has 0 aliphatic rings. The summed E-state index contributed by atoms with van der Waals surface area (Å²) < 4.78 is 13.3. The second-order valence-corrected chi connectivity index (χ2v) is 20.8. The maximum atomic E-state index is 11.3. The number of carboxylic acid groups (broad SMARTS) is 1. The van der Waals surface area contributed by atoms with Crippen LogP contribution in [-0.2, 0) is 51.2 Å². The zero-order chi connectivity index (χ0) is 56.9. The van der Waals surface area contributed by atoms with Gasteiger partial charge in [0.1, 0.15) is 5.76 Å². The minimum atomic E-state index is -0.747. The first-order valence-corrected chi connectivity index (χ1v) is 27.8. The van der Waals surface area contributed by atoms with Crippen molar-refractivity contribution in [2.75, 3.05) is 18.5 Å². The van der Waals surface area contributed by atoms with Gasteiger partial charge in [0, 0.05) is 48.2 Å². The molecule has 0 spiro atoms. The lowest BCUT2D eigenvalue weighted by Crippen LogP contribution is -2.22. The number of halogens is 4. The molecule has 0 heterocycles. The van der Waals surface area contributed by atoms with Crippen molar-refractivity contribution in [1.29, 1.82) is 15.8 Å². The number of ketones is 1. The van der Waals surface area contributed by atoms with E-state index in [1.807, 2.05) is 170 Å². The first-order valence-electron chi connectivity index (χ1n) is 24.3. The van der Waals surface area contributed by atoms with Gasteiger partial charge in [-0.25, -0.2) is 0 Å². The van der Waals surface area contributed by atoms with E-state index >= 15 is 0 Å². The molecule has 5 aromatic carbocycles. The number of Topliss-reactive ketones (excluding diaryl/α,β-unsaturated/α-hetero) is 1. The molecule has 0 saturated heterocycles. The van der Waals surface area contributed by atoms with Crippen LogP contribution in [0.5, 0.6) is 0 Å². The van der Waals surface area contributed by atoms with Crippen molar-refractivity contribution in [3.63, 3.8) is 0 Å². The number of nitrogens with zero attached hydrogens (tertiary/aromatic N) is 3. The van der Waals surface area contributed by atoms with E-state index in [4.69, 9.17) is 36.1 Å². The molecule has 5 atom stereocenters. The van der Waals surface area contributed by atoms with Gasteiger partial charge in [-0.3, -0.25) is 14.4 Å². The van der Waals surface area contributed by atoms with Crippen LogP contribution in [0.1, 0.15) is 144 Å². The number of nitriles is 3. The summed E-state index contributed by atoms with van der Waals surface area (Å²) in [5, 5.41) is 35.0. The van der Waals surface area contributed by atoms with Crippen LogP contribution in [0.4, 0.5) is 0 Å². The molecule has 5 rings (SSSR count). The third-order valence-corrected chi connectivity index (χ3v) is 12.5. The Hall–Kier alpha value is -5.82. The third-order valence-electron chi connectivity index (χ3n) is 10.4. The molecule has 0 fully saturated rings. The molecular formula is C67H96Br4N4O6. The van der Waals surface area contributed by atoms with Gasteiger partial charge in [-0.1, -0.05) is 220 Å². The van der Waals surface area contributed by atoms with E-state index in [0.29, 0.717) is 36.1 Å². The molecule has 5 aromatic rings.